The van der Waals surface area contributed by atoms with E-state index in [-0.39, 0.29) is 11.5 Å². The lowest BCUT2D eigenvalue weighted by atomic mass is 10.2. The second kappa shape index (κ2) is 3.90. The average Bonchev–Trinajstić information content (AvgIpc) is 3.05. The molecule has 0 spiro atoms. The van der Waals surface area contributed by atoms with Gasteiger partial charge in [0.1, 0.15) is 6.07 Å². The molecule has 0 N–H and O–H groups in total. The lowest BCUT2D eigenvalue weighted by Gasteiger charge is -1.99. The molecule has 0 saturated heterocycles. The predicted octanol–water partition coefficient (Wildman–Crippen LogP) is 2.63. The molecular formula is C14H8N2O2. The Hall–Kier alpha value is -2.80. The highest BCUT2D eigenvalue weighted by molar-refractivity contribution is 6.07. The number of nitriles is 1. The third kappa shape index (κ3) is 1.42. The summed E-state index contributed by atoms with van der Waals surface area (Å²) in [6.07, 6.45) is 3.21. The van der Waals surface area contributed by atoms with Gasteiger partial charge in [0.15, 0.2) is 5.76 Å². The van der Waals surface area contributed by atoms with Crippen LogP contribution in [0.5, 0.6) is 0 Å². The molecule has 0 atom stereocenters. The third-order valence-corrected chi connectivity index (χ3v) is 2.77. The average molecular weight is 236 g/mol. The number of rotatable bonds is 2. The molecule has 0 aromatic carbocycles. The van der Waals surface area contributed by atoms with Crippen LogP contribution in [0.3, 0.4) is 0 Å². The largest absolute Gasteiger partial charge is 0.461 e. The Kier molecular flexibility index (Phi) is 2.24. The van der Waals surface area contributed by atoms with Crippen molar-refractivity contribution in [3.63, 3.8) is 0 Å². The van der Waals surface area contributed by atoms with E-state index in [0.29, 0.717) is 11.3 Å². The van der Waals surface area contributed by atoms with Crippen molar-refractivity contribution in [2.45, 2.75) is 0 Å². The van der Waals surface area contributed by atoms with Crippen molar-refractivity contribution in [1.82, 2.24) is 4.40 Å². The van der Waals surface area contributed by atoms with Crippen molar-refractivity contribution in [3.05, 3.63) is 65.9 Å². The molecule has 3 rings (SSSR count). The zero-order valence-electron chi connectivity index (χ0n) is 9.33. The van der Waals surface area contributed by atoms with E-state index in [4.69, 9.17) is 9.68 Å². The summed E-state index contributed by atoms with van der Waals surface area (Å²) in [6.45, 7) is 0. The standard InChI is InChI=1S/C14H8N2O2/c15-9-10-8-12(14(17)13-5-3-7-18-13)16-6-2-1-4-11(10)16/h1-8H. The van der Waals surface area contributed by atoms with Crippen LogP contribution in [0.1, 0.15) is 21.8 Å². The number of pyridine rings is 1. The number of nitrogens with zero attached hydrogens (tertiary/aromatic N) is 2. The predicted molar refractivity (Wildman–Crippen MR) is 64.3 cm³/mol. The Morgan fingerprint density at radius 1 is 1.28 bits per heavy atom. The van der Waals surface area contributed by atoms with Crippen LogP contribution in [-0.2, 0) is 0 Å². The Balaban J connectivity index is 2.25. The van der Waals surface area contributed by atoms with Gasteiger partial charge in [0.05, 0.1) is 23.0 Å². The first-order chi connectivity index (χ1) is 8.81. The minimum atomic E-state index is -0.234. The first-order valence-corrected chi connectivity index (χ1v) is 5.39. The number of hydrogen-bond donors (Lipinski definition) is 0. The molecule has 4 heteroatoms. The van der Waals surface area contributed by atoms with Gasteiger partial charge in [-0.25, -0.2) is 0 Å². The van der Waals surface area contributed by atoms with Crippen LogP contribution in [0, 0.1) is 11.3 Å². The molecule has 0 aliphatic heterocycles. The van der Waals surface area contributed by atoms with E-state index in [1.807, 2.05) is 12.1 Å². The second-order valence-electron chi connectivity index (χ2n) is 3.82. The fourth-order valence-electron chi connectivity index (χ4n) is 1.95. The van der Waals surface area contributed by atoms with E-state index < -0.39 is 0 Å². The summed E-state index contributed by atoms with van der Waals surface area (Å²) in [6, 6.07) is 12.4. The molecule has 0 saturated carbocycles. The van der Waals surface area contributed by atoms with Crippen LogP contribution in [-0.4, -0.2) is 10.2 Å². The molecule has 3 heterocycles. The molecule has 0 unspecified atom stereocenters. The molecule has 86 valence electrons. The van der Waals surface area contributed by atoms with Gasteiger partial charge in [-0.05, 0) is 30.3 Å². The van der Waals surface area contributed by atoms with Crippen LogP contribution < -0.4 is 0 Å². The van der Waals surface area contributed by atoms with Crippen LogP contribution in [0.15, 0.2) is 53.3 Å². The molecule has 3 aromatic heterocycles. The summed E-state index contributed by atoms with van der Waals surface area (Å²) < 4.78 is 6.79. The van der Waals surface area contributed by atoms with Crippen molar-refractivity contribution < 1.29 is 9.21 Å². The third-order valence-electron chi connectivity index (χ3n) is 2.77. The highest BCUT2D eigenvalue weighted by atomic mass is 16.3. The van der Waals surface area contributed by atoms with Gasteiger partial charge in [-0.15, -0.1) is 0 Å². The molecule has 0 bridgehead atoms. The topological polar surface area (TPSA) is 58.4 Å². The number of carbonyl (C=O) groups excluding carboxylic acids is 1. The molecule has 0 amide bonds. The van der Waals surface area contributed by atoms with Crippen molar-refractivity contribution in [1.29, 1.82) is 5.26 Å². The highest BCUT2D eigenvalue weighted by Gasteiger charge is 2.18. The number of aromatic nitrogens is 1. The van der Waals surface area contributed by atoms with Crippen LogP contribution in [0.25, 0.3) is 5.52 Å². The van der Waals surface area contributed by atoms with E-state index >= 15 is 0 Å². The summed E-state index contributed by atoms with van der Waals surface area (Å²) in [5, 5.41) is 9.06. The quantitative estimate of drug-likeness (QED) is 0.642. The molecule has 0 radical (unpaired) electrons. The maximum Gasteiger partial charge on any atom is 0.244 e. The van der Waals surface area contributed by atoms with E-state index in [0.717, 1.165) is 5.52 Å². The number of ketones is 1. The Morgan fingerprint density at radius 2 is 2.17 bits per heavy atom. The van der Waals surface area contributed by atoms with Gasteiger partial charge < -0.3 is 8.82 Å². The molecule has 3 aromatic rings. The highest BCUT2D eigenvalue weighted by Crippen LogP contribution is 2.19. The maximum absolute atomic E-state index is 12.2. The summed E-state index contributed by atoms with van der Waals surface area (Å²) in [5.41, 5.74) is 1.62. The first-order valence-electron chi connectivity index (χ1n) is 5.39. The van der Waals surface area contributed by atoms with Crippen LogP contribution >= 0.6 is 0 Å². The summed E-state index contributed by atoms with van der Waals surface area (Å²) in [4.78, 5) is 12.2. The number of furan rings is 1. The molecule has 0 aliphatic carbocycles. The monoisotopic (exact) mass is 236 g/mol. The minimum absolute atomic E-state index is 0.234. The lowest BCUT2D eigenvalue weighted by Crippen LogP contribution is -2.03. The lowest BCUT2D eigenvalue weighted by molar-refractivity contribution is 0.100. The van der Waals surface area contributed by atoms with Crippen molar-refractivity contribution in [3.8, 4) is 6.07 Å². The Morgan fingerprint density at radius 3 is 2.89 bits per heavy atom. The normalized spacial score (nSPS) is 10.4. The van der Waals surface area contributed by atoms with Gasteiger partial charge in [0.2, 0.25) is 5.78 Å². The van der Waals surface area contributed by atoms with Gasteiger partial charge in [-0.2, -0.15) is 5.26 Å². The maximum atomic E-state index is 12.2. The van der Waals surface area contributed by atoms with Gasteiger partial charge in [0, 0.05) is 6.20 Å². The van der Waals surface area contributed by atoms with Crippen LogP contribution in [0.4, 0.5) is 0 Å². The SMILES string of the molecule is N#Cc1cc(C(=O)c2ccco2)n2ccccc12. The first kappa shape index (κ1) is 10.4. The second-order valence-corrected chi connectivity index (χ2v) is 3.82. The molecule has 0 aliphatic rings. The number of carbonyl (C=O) groups is 1. The fraction of sp³-hybridized carbons (Fsp3) is 0. The smallest absolute Gasteiger partial charge is 0.244 e. The Bertz CT molecular complexity index is 761. The molecule has 4 nitrogen and oxygen atoms in total. The van der Waals surface area contributed by atoms with Gasteiger partial charge >= 0.3 is 0 Å². The van der Waals surface area contributed by atoms with Crippen LogP contribution in [0.2, 0.25) is 0 Å². The van der Waals surface area contributed by atoms with E-state index in [1.54, 1.807) is 34.9 Å². The van der Waals surface area contributed by atoms with Gasteiger partial charge in [-0.3, -0.25) is 4.79 Å². The van der Waals surface area contributed by atoms with Gasteiger partial charge in [-0.1, -0.05) is 6.07 Å². The summed E-state index contributed by atoms with van der Waals surface area (Å²) in [5.74, 6) is 0.0328. The molecule has 18 heavy (non-hydrogen) atoms. The molecule has 0 fully saturated rings. The Labute approximate surface area is 103 Å². The van der Waals surface area contributed by atoms with Crippen molar-refractivity contribution >= 4 is 11.3 Å². The zero-order valence-corrected chi connectivity index (χ0v) is 9.33. The van der Waals surface area contributed by atoms with E-state index in [2.05, 4.69) is 6.07 Å². The minimum Gasteiger partial charge on any atom is -0.461 e. The fourth-order valence-corrected chi connectivity index (χ4v) is 1.95. The van der Waals surface area contributed by atoms with E-state index in [1.165, 1.54) is 6.26 Å². The number of hydrogen-bond acceptors (Lipinski definition) is 3. The number of fused-ring (bicyclic) bond motifs is 1. The van der Waals surface area contributed by atoms with Gasteiger partial charge in [0.25, 0.3) is 0 Å². The summed E-state index contributed by atoms with van der Waals surface area (Å²) in [7, 11) is 0. The van der Waals surface area contributed by atoms with Crippen molar-refractivity contribution in [2.24, 2.45) is 0 Å². The summed E-state index contributed by atoms with van der Waals surface area (Å²) >= 11 is 0. The van der Waals surface area contributed by atoms with E-state index in [9.17, 15) is 4.79 Å². The van der Waals surface area contributed by atoms with Crippen molar-refractivity contribution in [2.75, 3.05) is 0 Å². The molecular weight excluding hydrogens is 228 g/mol. The zero-order chi connectivity index (χ0) is 12.5.